The van der Waals surface area contributed by atoms with Crippen molar-refractivity contribution in [3.63, 3.8) is 0 Å². The van der Waals surface area contributed by atoms with Gasteiger partial charge in [-0.3, -0.25) is 14.9 Å². The molecule has 0 radical (unpaired) electrons. The van der Waals surface area contributed by atoms with Crippen LogP contribution >= 0.6 is 0 Å². The van der Waals surface area contributed by atoms with Gasteiger partial charge in [-0.25, -0.2) is 0 Å². The molecule has 7 heteroatoms. The average molecular weight is 363 g/mol. The molecule has 0 atom stereocenters. The number of hydrogen-bond acceptors (Lipinski definition) is 5. The molecule has 2 aromatic carbocycles. The summed E-state index contributed by atoms with van der Waals surface area (Å²) in [5.74, 6) is -0.394. The number of nitro benzene ring substituents is 1. The van der Waals surface area contributed by atoms with E-state index in [0.29, 0.717) is 11.1 Å². The first-order chi connectivity index (χ1) is 12.9. The van der Waals surface area contributed by atoms with E-state index >= 15 is 0 Å². The molecule has 0 heterocycles. The third-order valence-corrected chi connectivity index (χ3v) is 3.75. The van der Waals surface area contributed by atoms with E-state index in [0.717, 1.165) is 5.56 Å². The van der Waals surface area contributed by atoms with Crippen LogP contribution < -0.4 is 5.32 Å². The number of nitriles is 1. The quantitative estimate of drug-likeness (QED) is 0.268. The minimum atomic E-state index is -0.536. The van der Waals surface area contributed by atoms with Crippen LogP contribution in [0.2, 0.25) is 0 Å². The van der Waals surface area contributed by atoms with Gasteiger partial charge in [-0.15, -0.1) is 0 Å². The lowest BCUT2D eigenvalue weighted by Crippen LogP contribution is -2.23. The Labute approximate surface area is 156 Å². The van der Waals surface area contributed by atoms with E-state index < -0.39 is 10.8 Å². The molecule has 0 saturated carbocycles. The zero-order valence-corrected chi connectivity index (χ0v) is 14.5. The second-order valence-electron chi connectivity index (χ2n) is 5.70. The van der Waals surface area contributed by atoms with Gasteiger partial charge in [0.1, 0.15) is 17.4 Å². The van der Waals surface area contributed by atoms with E-state index in [-0.39, 0.29) is 23.6 Å². The van der Waals surface area contributed by atoms with Crippen molar-refractivity contribution in [2.45, 2.75) is 13.5 Å². The van der Waals surface area contributed by atoms with Crippen LogP contribution in [0.1, 0.15) is 16.7 Å². The minimum absolute atomic E-state index is 0.0121. The van der Waals surface area contributed by atoms with Crippen molar-refractivity contribution >= 4 is 17.7 Å². The number of nitro groups is 1. The number of amides is 1. The van der Waals surface area contributed by atoms with Crippen LogP contribution in [0.4, 0.5) is 5.69 Å². The summed E-state index contributed by atoms with van der Waals surface area (Å²) in [7, 11) is 0. The molecule has 2 aromatic rings. The summed E-state index contributed by atoms with van der Waals surface area (Å²) >= 11 is 0. The second kappa shape index (κ2) is 8.97. The van der Waals surface area contributed by atoms with Crippen LogP contribution in [-0.2, 0) is 11.3 Å². The van der Waals surface area contributed by atoms with Crippen molar-refractivity contribution in [3.05, 3.63) is 87.0 Å². The lowest BCUT2D eigenvalue weighted by Gasteiger charge is -2.06. The number of carbonyl (C=O) groups is 1. The Morgan fingerprint density at radius 3 is 2.59 bits per heavy atom. The molecule has 136 valence electrons. The Balaban J connectivity index is 1.99. The van der Waals surface area contributed by atoms with Crippen LogP contribution in [0, 0.1) is 28.4 Å². The fraction of sp³-hybridized carbons (Fsp3) is 0.100. The smallest absolute Gasteiger partial charge is 0.269 e. The van der Waals surface area contributed by atoms with Gasteiger partial charge in [0, 0.05) is 18.7 Å². The number of hydrogen-bond donors (Lipinski definition) is 2. The number of phenolic OH excluding ortho intramolecular Hbond substituents is 1. The molecule has 0 spiro atoms. The van der Waals surface area contributed by atoms with Gasteiger partial charge in [0.05, 0.1) is 4.92 Å². The van der Waals surface area contributed by atoms with Crippen molar-refractivity contribution < 1.29 is 14.8 Å². The topological polar surface area (TPSA) is 116 Å². The molecule has 2 rings (SSSR count). The molecule has 7 nitrogen and oxygen atoms in total. The first-order valence-corrected chi connectivity index (χ1v) is 8.00. The molecule has 0 aliphatic carbocycles. The summed E-state index contributed by atoms with van der Waals surface area (Å²) < 4.78 is 0. The summed E-state index contributed by atoms with van der Waals surface area (Å²) in [4.78, 5) is 22.2. The molecule has 1 amide bonds. The van der Waals surface area contributed by atoms with Crippen LogP contribution in [0.15, 0.2) is 60.2 Å². The Morgan fingerprint density at radius 1 is 1.30 bits per heavy atom. The first-order valence-electron chi connectivity index (χ1n) is 8.00. The van der Waals surface area contributed by atoms with Crippen molar-refractivity contribution in [1.82, 2.24) is 5.32 Å². The van der Waals surface area contributed by atoms with E-state index in [9.17, 15) is 20.0 Å². The van der Waals surface area contributed by atoms with Crippen molar-refractivity contribution in [2.75, 3.05) is 0 Å². The SMILES string of the molecule is Cc1ccc(CNC(=O)/C(C#N)=C/C=C/c2ccc([N+](=O)[O-])cc2)cc1O. The lowest BCUT2D eigenvalue weighted by atomic mass is 10.1. The van der Waals surface area contributed by atoms with E-state index in [1.165, 1.54) is 24.3 Å². The number of aromatic hydroxyl groups is 1. The van der Waals surface area contributed by atoms with Gasteiger partial charge < -0.3 is 10.4 Å². The highest BCUT2D eigenvalue weighted by Crippen LogP contribution is 2.17. The molecule has 0 bridgehead atoms. The normalized spacial score (nSPS) is 11.2. The summed E-state index contributed by atoms with van der Waals surface area (Å²) in [5, 5.41) is 32.0. The van der Waals surface area contributed by atoms with E-state index in [4.69, 9.17) is 5.26 Å². The maximum absolute atomic E-state index is 12.1. The van der Waals surface area contributed by atoms with Crippen molar-refractivity contribution in [3.8, 4) is 11.8 Å². The van der Waals surface area contributed by atoms with Gasteiger partial charge in [-0.2, -0.15) is 5.26 Å². The minimum Gasteiger partial charge on any atom is -0.508 e. The number of nitrogens with one attached hydrogen (secondary N) is 1. The molecule has 0 saturated heterocycles. The van der Waals surface area contributed by atoms with Gasteiger partial charge in [0.2, 0.25) is 0 Å². The van der Waals surface area contributed by atoms with E-state index in [2.05, 4.69) is 5.32 Å². The summed E-state index contributed by atoms with van der Waals surface area (Å²) in [6.45, 7) is 1.95. The Bertz CT molecular complexity index is 954. The Hall–Kier alpha value is -3.92. The van der Waals surface area contributed by atoms with Gasteiger partial charge in [-0.05, 0) is 47.9 Å². The van der Waals surface area contributed by atoms with Crippen LogP contribution in [-0.4, -0.2) is 15.9 Å². The summed E-state index contributed by atoms with van der Waals surface area (Å²) in [6.07, 6.45) is 4.52. The number of rotatable bonds is 6. The van der Waals surface area contributed by atoms with E-state index in [1.807, 2.05) is 6.07 Å². The zero-order valence-electron chi connectivity index (χ0n) is 14.5. The highest BCUT2D eigenvalue weighted by atomic mass is 16.6. The number of allylic oxidation sites excluding steroid dienone is 2. The Kier molecular flexibility index (Phi) is 6.44. The van der Waals surface area contributed by atoms with Gasteiger partial charge in [-0.1, -0.05) is 24.3 Å². The third kappa shape index (κ3) is 5.54. The van der Waals surface area contributed by atoms with Crippen LogP contribution in [0.3, 0.4) is 0 Å². The van der Waals surface area contributed by atoms with Gasteiger partial charge >= 0.3 is 0 Å². The fourth-order valence-electron chi connectivity index (χ4n) is 2.17. The second-order valence-corrected chi connectivity index (χ2v) is 5.70. The number of phenols is 1. The summed E-state index contributed by atoms with van der Waals surface area (Å²) in [5.41, 5.74) is 2.06. The number of non-ortho nitro benzene ring substituents is 1. The van der Waals surface area contributed by atoms with Crippen molar-refractivity contribution in [1.29, 1.82) is 5.26 Å². The fourth-order valence-corrected chi connectivity index (χ4v) is 2.17. The molecule has 0 aliphatic heterocycles. The number of aryl methyl sites for hydroxylation is 1. The number of carbonyl (C=O) groups excluding carboxylic acids is 1. The van der Waals surface area contributed by atoms with Crippen molar-refractivity contribution in [2.24, 2.45) is 0 Å². The predicted octanol–water partition coefficient (Wildman–Crippen LogP) is 3.39. The molecule has 0 fully saturated rings. The molecule has 0 unspecified atom stereocenters. The highest BCUT2D eigenvalue weighted by molar-refractivity contribution is 5.97. The van der Waals surface area contributed by atoms with Gasteiger partial charge in [0.15, 0.2) is 0 Å². The maximum atomic E-state index is 12.1. The highest BCUT2D eigenvalue weighted by Gasteiger charge is 2.08. The molecular weight excluding hydrogens is 346 g/mol. The third-order valence-electron chi connectivity index (χ3n) is 3.75. The monoisotopic (exact) mass is 363 g/mol. The molecule has 2 N–H and O–H groups in total. The zero-order chi connectivity index (χ0) is 19.8. The van der Waals surface area contributed by atoms with E-state index in [1.54, 1.807) is 43.3 Å². The average Bonchev–Trinajstić information content (AvgIpc) is 2.66. The predicted molar refractivity (Wildman–Crippen MR) is 101 cm³/mol. The van der Waals surface area contributed by atoms with Gasteiger partial charge in [0.25, 0.3) is 11.6 Å². The standard InChI is InChI=1S/C20H17N3O4/c1-14-5-6-16(11-19(14)24)13-22-20(25)17(12-21)4-2-3-15-7-9-18(10-8-15)23(26)27/h2-11,24H,13H2,1H3,(H,22,25)/b3-2+,17-4+. The summed E-state index contributed by atoms with van der Waals surface area (Å²) in [6, 6.07) is 12.8. The lowest BCUT2D eigenvalue weighted by molar-refractivity contribution is -0.384. The van der Waals surface area contributed by atoms with Crippen LogP contribution in [0.25, 0.3) is 6.08 Å². The maximum Gasteiger partial charge on any atom is 0.269 e. The Morgan fingerprint density at radius 2 is 2.00 bits per heavy atom. The largest absolute Gasteiger partial charge is 0.508 e. The molecule has 0 aromatic heterocycles. The molecule has 0 aliphatic rings. The first kappa shape index (κ1) is 19.4. The number of nitrogens with zero attached hydrogens (tertiary/aromatic N) is 2. The number of benzene rings is 2. The van der Waals surface area contributed by atoms with Crippen LogP contribution in [0.5, 0.6) is 5.75 Å². The molecular formula is C20H17N3O4. The molecule has 27 heavy (non-hydrogen) atoms.